The molecule has 5 heteroatoms. The van der Waals surface area contributed by atoms with E-state index in [9.17, 15) is 9.59 Å². The molecule has 0 aromatic heterocycles. The minimum atomic E-state index is -0.649. The molecule has 0 aliphatic heterocycles. The number of hydrogen-bond acceptors (Lipinski definition) is 5. The maximum absolute atomic E-state index is 11.1. The van der Waals surface area contributed by atoms with E-state index in [1.807, 2.05) is 0 Å². The average Bonchev–Trinajstić information content (AvgIpc) is 2.33. The number of nitrogens with two attached hydrogens (primary N) is 1. The lowest BCUT2D eigenvalue weighted by Crippen LogP contribution is -2.25. The molecule has 0 saturated heterocycles. The van der Waals surface area contributed by atoms with E-state index in [2.05, 4.69) is 4.74 Å². The lowest BCUT2D eigenvalue weighted by molar-refractivity contribution is -0.150. The second-order valence-electron chi connectivity index (χ2n) is 3.08. The number of hydrogen-bond donors (Lipinski definition) is 1. The van der Waals surface area contributed by atoms with E-state index >= 15 is 0 Å². The number of rotatable bonds is 7. The van der Waals surface area contributed by atoms with Crippen molar-refractivity contribution in [2.24, 2.45) is 5.73 Å². The molecule has 1 atom stereocenters. The molecule has 0 bridgehead atoms. The molecule has 0 saturated carbocycles. The van der Waals surface area contributed by atoms with Gasteiger partial charge in [-0.05, 0) is 12.5 Å². The molecular formula is C11H19NO4. The number of allylic oxidation sites excluding steroid dienone is 1. The van der Waals surface area contributed by atoms with Crippen molar-refractivity contribution < 1.29 is 20.4 Å². The first-order chi connectivity index (χ1) is 8.13. The molecule has 16 heavy (non-hydrogen) atoms. The molecule has 92 valence electrons. The van der Waals surface area contributed by atoms with Crippen LogP contribution in [0.15, 0.2) is 12.2 Å². The number of carbonyl (C=O) groups excluding carboxylic acids is 2. The molecule has 0 rings (SSSR count). The Kier molecular flexibility index (Phi) is 7.08. The molecule has 0 aromatic rings. The van der Waals surface area contributed by atoms with Crippen LogP contribution in [0.1, 0.15) is 27.5 Å². The molecule has 0 radical (unpaired) electrons. The molecule has 0 unspecified atom stereocenters. The summed E-state index contributed by atoms with van der Waals surface area (Å²) in [5.74, 6) is -1.02. The largest absolute Gasteiger partial charge is 0.469 e. The van der Waals surface area contributed by atoms with Gasteiger partial charge in [0.25, 0.3) is 0 Å². The smallest absolute Gasteiger partial charge is 0.320 e. The van der Waals surface area contributed by atoms with Crippen LogP contribution in [-0.4, -0.2) is 31.7 Å². The third-order valence-electron chi connectivity index (χ3n) is 1.77. The van der Waals surface area contributed by atoms with E-state index in [0.717, 1.165) is 6.42 Å². The Morgan fingerprint density at radius 2 is 2.25 bits per heavy atom. The van der Waals surface area contributed by atoms with Crippen LogP contribution in [0.25, 0.3) is 0 Å². The van der Waals surface area contributed by atoms with E-state index in [1.54, 1.807) is 12.2 Å². The highest BCUT2D eigenvalue weighted by atomic mass is 16.6. The first-order valence-corrected chi connectivity index (χ1v) is 5.06. The quantitative estimate of drug-likeness (QED) is 0.398. The summed E-state index contributed by atoms with van der Waals surface area (Å²) in [5.41, 5.74) is 5.12. The minimum absolute atomic E-state index is 0.0282. The molecule has 0 spiro atoms. The van der Waals surface area contributed by atoms with Gasteiger partial charge in [0.15, 0.2) is 0 Å². The molecule has 0 heterocycles. The topological polar surface area (TPSA) is 78.6 Å². The summed E-state index contributed by atoms with van der Waals surface area (Å²) in [7, 11) is 1.27. The summed E-state index contributed by atoms with van der Waals surface area (Å²) in [5, 5.41) is 0. The fourth-order valence-electron chi connectivity index (χ4n) is 0.979. The van der Waals surface area contributed by atoms with Gasteiger partial charge in [0, 0.05) is 1.37 Å². The van der Waals surface area contributed by atoms with Gasteiger partial charge in [-0.15, -0.1) is 0 Å². The van der Waals surface area contributed by atoms with Crippen LogP contribution in [0.3, 0.4) is 0 Å². The third kappa shape index (κ3) is 7.00. The van der Waals surface area contributed by atoms with Gasteiger partial charge in [-0.2, -0.15) is 0 Å². The Hall–Kier alpha value is -1.36. The molecule has 0 aliphatic carbocycles. The summed E-state index contributed by atoms with van der Waals surface area (Å²) in [6.45, 7) is 0.118. The Balaban J connectivity index is 4.23. The van der Waals surface area contributed by atoms with E-state index in [4.69, 9.17) is 11.8 Å². The fraction of sp³-hybridized carbons (Fsp3) is 0.636. The molecule has 2 N–H and O–H groups in total. The summed E-state index contributed by atoms with van der Waals surface area (Å²) >= 11 is 0. The van der Waals surface area contributed by atoms with Crippen LogP contribution >= 0.6 is 0 Å². The van der Waals surface area contributed by atoms with Gasteiger partial charge in [-0.25, -0.2) is 0 Å². The van der Waals surface area contributed by atoms with Crippen LogP contribution in [0.2, 0.25) is 0 Å². The van der Waals surface area contributed by atoms with Gasteiger partial charge in [0.2, 0.25) is 0 Å². The Bertz CT molecular complexity index is 250. The Morgan fingerprint density at radius 1 is 1.50 bits per heavy atom. The zero-order valence-corrected chi connectivity index (χ0v) is 9.48. The van der Waals surface area contributed by atoms with Crippen LogP contribution in [0.4, 0.5) is 0 Å². The summed E-state index contributed by atoms with van der Waals surface area (Å²) in [4.78, 5) is 22.1. The lowest BCUT2D eigenvalue weighted by atomic mass is 10.2. The number of unbranched alkanes of at least 4 members (excludes halogenated alkanes) is 1. The van der Waals surface area contributed by atoms with Crippen molar-refractivity contribution >= 4 is 11.9 Å². The van der Waals surface area contributed by atoms with Crippen LogP contribution < -0.4 is 5.73 Å². The lowest BCUT2D eigenvalue weighted by Gasteiger charge is -2.12. The zero-order valence-electron chi connectivity index (χ0n) is 10.5. The van der Waals surface area contributed by atoms with Gasteiger partial charge < -0.3 is 15.2 Å². The van der Waals surface area contributed by atoms with Gasteiger partial charge in [0.1, 0.15) is 6.10 Å². The molecule has 5 nitrogen and oxygen atoms in total. The fourth-order valence-corrected chi connectivity index (χ4v) is 0.979. The number of methoxy groups -OCH3 is 1. The first kappa shape index (κ1) is 12.7. The van der Waals surface area contributed by atoms with Crippen molar-refractivity contribution in [2.45, 2.75) is 32.3 Å². The molecular weight excluding hydrogens is 210 g/mol. The summed E-state index contributed by atoms with van der Waals surface area (Å²) < 4.78 is 16.4. The van der Waals surface area contributed by atoms with Crippen molar-refractivity contribution in [1.82, 2.24) is 0 Å². The van der Waals surface area contributed by atoms with Crippen molar-refractivity contribution in [3.8, 4) is 0 Å². The maximum atomic E-state index is 11.1. The number of ether oxygens (including phenoxy) is 2. The third-order valence-corrected chi connectivity index (χ3v) is 1.77. The number of carbonyl (C=O) groups is 2. The van der Waals surface area contributed by atoms with Crippen LogP contribution in [-0.2, 0) is 19.1 Å². The maximum Gasteiger partial charge on any atom is 0.320 e. The zero-order chi connectivity index (χ0) is 13.1. The molecule has 0 aromatic carbocycles. The highest BCUT2D eigenvalue weighted by Gasteiger charge is 2.15. The number of esters is 2. The van der Waals surface area contributed by atoms with Crippen LogP contribution in [0.5, 0.6) is 0 Å². The van der Waals surface area contributed by atoms with E-state index < -0.39 is 18.0 Å². The highest BCUT2D eigenvalue weighted by Crippen LogP contribution is 2.04. The van der Waals surface area contributed by atoms with Crippen LogP contribution in [0, 0.1) is 0 Å². The Morgan fingerprint density at radius 3 is 2.81 bits per heavy atom. The monoisotopic (exact) mass is 231 g/mol. The summed E-state index contributed by atoms with van der Waals surface area (Å²) in [6.07, 6.45) is 4.17. The first-order valence-electron chi connectivity index (χ1n) is 5.77. The van der Waals surface area contributed by atoms with Crippen molar-refractivity contribution in [3.63, 3.8) is 0 Å². The predicted molar refractivity (Wildman–Crippen MR) is 59.6 cm³/mol. The second kappa shape index (κ2) is 8.91. The molecule has 0 fully saturated rings. The SMILES string of the molecule is [3H]CCC/C=C/[C@H](CC(=O)OC)OC(=O)CN. The van der Waals surface area contributed by atoms with Crippen molar-refractivity contribution in [1.29, 1.82) is 0 Å². The Labute approximate surface area is 97.0 Å². The van der Waals surface area contributed by atoms with E-state index in [1.165, 1.54) is 7.11 Å². The molecule has 0 amide bonds. The van der Waals surface area contributed by atoms with Gasteiger partial charge in [-0.1, -0.05) is 19.4 Å². The average molecular weight is 231 g/mol. The van der Waals surface area contributed by atoms with E-state index in [-0.39, 0.29) is 13.0 Å². The van der Waals surface area contributed by atoms with Gasteiger partial charge in [-0.3, -0.25) is 9.59 Å². The van der Waals surface area contributed by atoms with Gasteiger partial charge >= 0.3 is 11.9 Å². The summed E-state index contributed by atoms with van der Waals surface area (Å²) in [6, 6.07) is 0. The normalized spacial score (nSPS) is 13.2. The molecule has 0 aliphatic rings. The minimum Gasteiger partial charge on any atom is -0.469 e. The van der Waals surface area contributed by atoms with Crippen molar-refractivity contribution in [3.05, 3.63) is 12.2 Å². The predicted octanol–water partition coefficient (Wildman–Crippen LogP) is 0.776. The van der Waals surface area contributed by atoms with Gasteiger partial charge in [0.05, 0.1) is 20.1 Å². The van der Waals surface area contributed by atoms with E-state index in [0.29, 0.717) is 13.3 Å². The highest BCUT2D eigenvalue weighted by molar-refractivity contribution is 5.73. The van der Waals surface area contributed by atoms with Crippen molar-refractivity contribution in [2.75, 3.05) is 13.7 Å². The second-order valence-corrected chi connectivity index (χ2v) is 3.08. The standard InChI is InChI=1S/C11H19NO4/c1-3-4-5-6-9(7-10(13)15-2)16-11(14)8-12/h5-6,9H,3-4,7-8,12H2,1-2H3/b6-5+/t9-/m1/s1/i1T.